The largest absolute Gasteiger partial charge is 0.385 e. The zero-order valence-corrected chi connectivity index (χ0v) is 8.63. The highest BCUT2D eigenvalue weighted by atomic mass is 16.1. The third-order valence-electron chi connectivity index (χ3n) is 2.16. The number of anilines is 1. The topological polar surface area (TPSA) is 55.1 Å². The van der Waals surface area contributed by atoms with Gasteiger partial charge in [0.05, 0.1) is 0 Å². The lowest BCUT2D eigenvalue weighted by Crippen LogP contribution is -2.14. The first-order chi connectivity index (χ1) is 6.66. The standard InChI is InChI=1S/C11H16N2O/c1-3-7-13-10-6-4-5-9(8(10)2)11(12)14/h4-6,13H,3,7H2,1-2H3,(H2,12,14). The second-order valence-electron chi connectivity index (χ2n) is 3.27. The minimum Gasteiger partial charge on any atom is -0.385 e. The summed E-state index contributed by atoms with van der Waals surface area (Å²) in [5, 5.41) is 3.25. The van der Waals surface area contributed by atoms with Crippen LogP contribution in [0.4, 0.5) is 5.69 Å². The van der Waals surface area contributed by atoms with Gasteiger partial charge in [0, 0.05) is 17.8 Å². The van der Waals surface area contributed by atoms with Gasteiger partial charge in [0.15, 0.2) is 0 Å². The maximum absolute atomic E-state index is 11.0. The Bertz CT molecular complexity index is 334. The van der Waals surface area contributed by atoms with Gasteiger partial charge in [0.2, 0.25) is 5.91 Å². The van der Waals surface area contributed by atoms with Gasteiger partial charge in [-0.2, -0.15) is 0 Å². The molecule has 0 bridgehead atoms. The molecule has 1 amide bonds. The van der Waals surface area contributed by atoms with E-state index in [2.05, 4.69) is 12.2 Å². The molecule has 3 heteroatoms. The van der Waals surface area contributed by atoms with Crippen molar-refractivity contribution >= 4 is 11.6 Å². The molecular formula is C11H16N2O. The van der Waals surface area contributed by atoms with Crippen LogP contribution >= 0.6 is 0 Å². The zero-order valence-electron chi connectivity index (χ0n) is 8.63. The molecular weight excluding hydrogens is 176 g/mol. The lowest BCUT2D eigenvalue weighted by molar-refractivity contribution is 0.1000. The van der Waals surface area contributed by atoms with Gasteiger partial charge in [0.25, 0.3) is 0 Å². The Labute approximate surface area is 84.3 Å². The third-order valence-corrected chi connectivity index (χ3v) is 2.16. The van der Waals surface area contributed by atoms with Crippen LogP contribution in [0.15, 0.2) is 18.2 Å². The Hall–Kier alpha value is -1.51. The van der Waals surface area contributed by atoms with Crippen LogP contribution in [0.1, 0.15) is 29.3 Å². The molecule has 0 aliphatic carbocycles. The van der Waals surface area contributed by atoms with Crippen LogP contribution in [-0.4, -0.2) is 12.5 Å². The molecule has 0 saturated carbocycles. The van der Waals surface area contributed by atoms with E-state index in [4.69, 9.17) is 5.73 Å². The molecule has 0 aliphatic heterocycles. The van der Waals surface area contributed by atoms with Crippen LogP contribution in [0.25, 0.3) is 0 Å². The molecule has 0 fully saturated rings. The van der Waals surface area contributed by atoms with Gasteiger partial charge in [-0.05, 0) is 31.0 Å². The van der Waals surface area contributed by atoms with Gasteiger partial charge >= 0.3 is 0 Å². The molecule has 1 aromatic rings. The second kappa shape index (κ2) is 4.65. The first-order valence-corrected chi connectivity index (χ1v) is 4.80. The second-order valence-corrected chi connectivity index (χ2v) is 3.27. The van der Waals surface area contributed by atoms with Crippen molar-refractivity contribution < 1.29 is 4.79 Å². The van der Waals surface area contributed by atoms with Crippen molar-refractivity contribution in [2.24, 2.45) is 5.73 Å². The molecule has 0 saturated heterocycles. The van der Waals surface area contributed by atoms with Gasteiger partial charge in [-0.1, -0.05) is 13.0 Å². The zero-order chi connectivity index (χ0) is 10.6. The molecule has 1 rings (SSSR count). The summed E-state index contributed by atoms with van der Waals surface area (Å²) in [5.74, 6) is -0.373. The number of hydrogen-bond donors (Lipinski definition) is 2. The first kappa shape index (κ1) is 10.6. The van der Waals surface area contributed by atoms with Crippen molar-refractivity contribution in [1.29, 1.82) is 0 Å². The lowest BCUT2D eigenvalue weighted by atomic mass is 10.1. The molecule has 0 unspecified atom stereocenters. The summed E-state index contributed by atoms with van der Waals surface area (Å²) in [6.45, 7) is 4.90. The summed E-state index contributed by atoms with van der Waals surface area (Å²) in [7, 11) is 0. The fourth-order valence-electron chi connectivity index (χ4n) is 1.35. The Morgan fingerprint density at radius 3 is 2.79 bits per heavy atom. The molecule has 3 N–H and O–H groups in total. The number of primary amides is 1. The van der Waals surface area contributed by atoms with E-state index in [0.717, 1.165) is 24.2 Å². The summed E-state index contributed by atoms with van der Waals surface area (Å²) in [4.78, 5) is 11.0. The molecule has 76 valence electrons. The Morgan fingerprint density at radius 1 is 1.50 bits per heavy atom. The fraction of sp³-hybridized carbons (Fsp3) is 0.364. The highest BCUT2D eigenvalue weighted by Crippen LogP contribution is 2.18. The van der Waals surface area contributed by atoms with Gasteiger partial charge in [-0.25, -0.2) is 0 Å². The number of carbonyl (C=O) groups excluding carboxylic acids is 1. The molecule has 3 nitrogen and oxygen atoms in total. The van der Waals surface area contributed by atoms with Gasteiger partial charge in [-0.3, -0.25) is 4.79 Å². The van der Waals surface area contributed by atoms with Gasteiger partial charge < -0.3 is 11.1 Å². The van der Waals surface area contributed by atoms with Crippen LogP contribution in [0.2, 0.25) is 0 Å². The molecule has 14 heavy (non-hydrogen) atoms. The minimum absolute atomic E-state index is 0.373. The third kappa shape index (κ3) is 2.25. The molecule has 0 aliphatic rings. The highest BCUT2D eigenvalue weighted by molar-refractivity contribution is 5.95. The number of nitrogens with one attached hydrogen (secondary N) is 1. The van der Waals surface area contributed by atoms with Crippen molar-refractivity contribution in [3.63, 3.8) is 0 Å². The number of amides is 1. The number of rotatable bonds is 4. The predicted molar refractivity (Wildman–Crippen MR) is 58.5 cm³/mol. The average Bonchev–Trinajstić information content (AvgIpc) is 2.16. The van der Waals surface area contributed by atoms with Crippen LogP contribution in [0.5, 0.6) is 0 Å². The highest BCUT2D eigenvalue weighted by Gasteiger charge is 2.07. The van der Waals surface area contributed by atoms with E-state index in [9.17, 15) is 4.79 Å². The summed E-state index contributed by atoms with van der Waals surface area (Å²) >= 11 is 0. The van der Waals surface area contributed by atoms with Gasteiger partial charge in [-0.15, -0.1) is 0 Å². The minimum atomic E-state index is -0.373. The summed E-state index contributed by atoms with van der Waals surface area (Å²) in [6.07, 6.45) is 1.06. The molecule has 0 atom stereocenters. The van der Waals surface area contributed by atoms with E-state index in [1.807, 2.05) is 19.1 Å². The molecule has 0 spiro atoms. The molecule has 1 aromatic carbocycles. The molecule has 0 heterocycles. The SMILES string of the molecule is CCCNc1cccc(C(N)=O)c1C. The van der Waals surface area contributed by atoms with E-state index >= 15 is 0 Å². The van der Waals surface area contributed by atoms with Crippen molar-refractivity contribution in [3.8, 4) is 0 Å². The lowest BCUT2D eigenvalue weighted by Gasteiger charge is -2.10. The van der Waals surface area contributed by atoms with E-state index < -0.39 is 0 Å². The smallest absolute Gasteiger partial charge is 0.249 e. The Kier molecular flexibility index (Phi) is 3.51. The van der Waals surface area contributed by atoms with Crippen molar-refractivity contribution in [1.82, 2.24) is 0 Å². The number of hydrogen-bond acceptors (Lipinski definition) is 2. The van der Waals surface area contributed by atoms with Crippen LogP contribution in [-0.2, 0) is 0 Å². The van der Waals surface area contributed by atoms with Crippen LogP contribution < -0.4 is 11.1 Å². The van der Waals surface area contributed by atoms with Crippen LogP contribution in [0, 0.1) is 6.92 Å². The normalized spacial score (nSPS) is 9.86. The van der Waals surface area contributed by atoms with Crippen molar-refractivity contribution in [2.45, 2.75) is 20.3 Å². The van der Waals surface area contributed by atoms with Crippen molar-refractivity contribution in [2.75, 3.05) is 11.9 Å². The average molecular weight is 192 g/mol. The molecule has 0 radical (unpaired) electrons. The number of carbonyl (C=O) groups is 1. The van der Waals surface area contributed by atoms with E-state index in [-0.39, 0.29) is 5.91 Å². The van der Waals surface area contributed by atoms with Crippen LogP contribution in [0.3, 0.4) is 0 Å². The van der Waals surface area contributed by atoms with Crippen molar-refractivity contribution in [3.05, 3.63) is 29.3 Å². The Morgan fingerprint density at radius 2 is 2.21 bits per heavy atom. The maximum Gasteiger partial charge on any atom is 0.249 e. The van der Waals surface area contributed by atoms with E-state index in [1.54, 1.807) is 6.07 Å². The molecule has 0 aromatic heterocycles. The predicted octanol–water partition coefficient (Wildman–Crippen LogP) is 1.92. The van der Waals surface area contributed by atoms with E-state index in [1.165, 1.54) is 0 Å². The summed E-state index contributed by atoms with van der Waals surface area (Å²) in [5.41, 5.74) is 7.75. The quantitative estimate of drug-likeness (QED) is 0.765. The Balaban J connectivity index is 2.95. The first-order valence-electron chi connectivity index (χ1n) is 4.80. The fourth-order valence-corrected chi connectivity index (χ4v) is 1.35. The number of benzene rings is 1. The van der Waals surface area contributed by atoms with Gasteiger partial charge in [0.1, 0.15) is 0 Å². The maximum atomic E-state index is 11.0. The summed E-state index contributed by atoms with van der Waals surface area (Å²) in [6, 6.07) is 5.54. The monoisotopic (exact) mass is 192 g/mol. The number of nitrogens with two attached hydrogens (primary N) is 1. The van der Waals surface area contributed by atoms with E-state index in [0.29, 0.717) is 5.56 Å². The summed E-state index contributed by atoms with van der Waals surface area (Å²) < 4.78 is 0.